The minimum Gasteiger partial charge on any atom is -0.325 e. The first kappa shape index (κ1) is 21.5. The van der Waals surface area contributed by atoms with Gasteiger partial charge in [0, 0.05) is 17.1 Å². The van der Waals surface area contributed by atoms with Crippen LogP contribution in [0, 0.1) is 20.8 Å². The highest BCUT2D eigenvalue weighted by atomic mass is 32.2. The number of carbonyl (C=O) groups excluding carboxylic acids is 1. The predicted octanol–water partition coefficient (Wildman–Crippen LogP) is 5.25. The molecule has 3 rings (SSSR count). The van der Waals surface area contributed by atoms with Gasteiger partial charge in [-0.15, -0.1) is 22.0 Å². The lowest BCUT2D eigenvalue weighted by atomic mass is 10.1. The molecule has 0 aliphatic heterocycles. The zero-order valence-corrected chi connectivity index (χ0v) is 18.9. The molecule has 29 heavy (non-hydrogen) atoms. The molecule has 0 saturated carbocycles. The first-order valence-electron chi connectivity index (χ1n) is 9.57. The summed E-state index contributed by atoms with van der Waals surface area (Å²) in [6, 6.07) is 14.5. The Bertz CT molecular complexity index is 963. The van der Waals surface area contributed by atoms with Gasteiger partial charge in [-0.3, -0.25) is 4.79 Å². The monoisotopic (exact) mass is 426 g/mol. The summed E-state index contributed by atoms with van der Waals surface area (Å²) in [5, 5.41) is 12.4. The van der Waals surface area contributed by atoms with E-state index in [9.17, 15) is 4.79 Å². The third-order valence-electron chi connectivity index (χ3n) is 4.34. The van der Waals surface area contributed by atoms with Crippen molar-refractivity contribution in [3.05, 3.63) is 65.0 Å². The van der Waals surface area contributed by atoms with Gasteiger partial charge in [0.25, 0.3) is 0 Å². The van der Waals surface area contributed by atoms with Crippen molar-refractivity contribution in [1.29, 1.82) is 0 Å². The molecule has 0 spiro atoms. The molecule has 0 atom stereocenters. The topological polar surface area (TPSA) is 59.8 Å². The van der Waals surface area contributed by atoms with Crippen molar-refractivity contribution in [2.45, 2.75) is 50.0 Å². The van der Waals surface area contributed by atoms with Gasteiger partial charge in [0.05, 0.1) is 11.5 Å². The molecule has 0 bridgehead atoms. The third kappa shape index (κ3) is 6.11. The highest BCUT2D eigenvalue weighted by Gasteiger charge is 2.14. The van der Waals surface area contributed by atoms with Gasteiger partial charge in [-0.25, -0.2) is 0 Å². The van der Waals surface area contributed by atoms with Crippen LogP contribution in [0.1, 0.15) is 29.4 Å². The van der Waals surface area contributed by atoms with E-state index >= 15 is 0 Å². The van der Waals surface area contributed by atoms with Gasteiger partial charge in [0.15, 0.2) is 5.16 Å². The second-order valence-corrected chi connectivity index (χ2v) is 8.95. The smallest absolute Gasteiger partial charge is 0.234 e. The minimum atomic E-state index is -0.0405. The summed E-state index contributed by atoms with van der Waals surface area (Å²) in [5.41, 5.74) is 4.35. The number of aromatic nitrogens is 3. The molecule has 1 heterocycles. The Kier molecular flexibility index (Phi) is 7.39. The summed E-state index contributed by atoms with van der Waals surface area (Å²) in [6.45, 7) is 8.98. The molecular formula is C22H26N4OS2. The average molecular weight is 427 g/mol. The van der Waals surface area contributed by atoms with E-state index in [1.807, 2.05) is 26.0 Å². The molecule has 1 aromatic heterocycles. The Labute approximate surface area is 180 Å². The fourth-order valence-corrected chi connectivity index (χ4v) is 4.67. The van der Waals surface area contributed by atoms with Gasteiger partial charge in [0.2, 0.25) is 5.91 Å². The molecule has 152 valence electrons. The van der Waals surface area contributed by atoms with Crippen molar-refractivity contribution in [3.63, 3.8) is 0 Å². The van der Waals surface area contributed by atoms with Gasteiger partial charge < -0.3 is 9.88 Å². The van der Waals surface area contributed by atoms with E-state index in [0.717, 1.165) is 40.1 Å². The number of amides is 1. The second-order valence-electron chi connectivity index (χ2n) is 6.96. The standard InChI is InChI=1S/C22H26N4OS2/c1-5-26-20(13-28-19-8-6-15(2)7-9-19)24-25-22(26)29-14-21(27)23-18-11-16(3)10-17(4)12-18/h6-12H,5,13-14H2,1-4H3,(H,23,27). The van der Waals surface area contributed by atoms with Crippen molar-refractivity contribution in [2.24, 2.45) is 0 Å². The molecule has 0 radical (unpaired) electrons. The van der Waals surface area contributed by atoms with Crippen LogP contribution in [0.15, 0.2) is 52.5 Å². The molecular weight excluding hydrogens is 400 g/mol. The van der Waals surface area contributed by atoms with E-state index in [2.05, 4.69) is 64.3 Å². The first-order chi connectivity index (χ1) is 13.9. The zero-order valence-electron chi connectivity index (χ0n) is 17.2. The summed E-state index contributed by atoms with van der Waals surface area (Å²) >= 11 is 3.16. The molecule has 0 saturated heterocycles. The summed E-state index contributed by atoms with van der Waals surface area (Å²) in [4.78, 5) is 13.6. The third-order valence-corrected chi connectivity index (χ3v) is 6.31. The number of benzene rings is 2. The van der Waals surface area contributed by atoms with Gasteiger partial charge >= 0.3 is 0 Å². The molecule has 0 aliphatic carbocycles. The number of hydrogen-bond acceptors (Lipinski definition) is 5. The van der Waals surface area contributed by atoms with Crippen molar-refractivity contribution in [2.75, 3.05) is 11.1 Å². The van der Waals surface area contributed by atoms with E-state index < -0.39 is 0 Å². The van der Waals surface area contributed by atoms with E-state index in [0.29, 0.717) is 5.75 Å². The van der Waals surface area contributed by atoms with Gasteiger partial charge in [0.1, 0.15) is 5.82 Å². The maximum atomic E-state index is 12.4. The van der Waals surface area contributed by atoms with E-state index in [4.69, 9.17) is 0 Å². The van der Waals surface area contributed by atoms with Crippen molar-refractivity contribution >= 4 is 35.1 Å². The van der Waals surface area contributed by atoms with Gasteiger partial charge in [-0.05, 0) is 63.1 Å². The normalized spacial score (nSPS) is 10.9. The molecule has 5 nitrogen and oxygen atoms in total. The van der Waals surface area contributed by atoms with E-state index in [1.165, 1.54) is 22.2 Å². The number of nitrogens with zero attached hydrogens (tertiary/aromatic N) is 3. The van der Waals surface area contributed by atoms with Crippen molar-refractivity contribution in [3.8, 4) is 0 Å². The van der Waals surface area contributed by atoms with Crippen molar-refractivity contribution in [1.82, 2.24) is 14.8 Å². The lowest BCUT2D eigenvalue weighted by molar-refractivity contribution is -0.113. The second kappa shape index (κ2) is 9.98. The number of carbonyl (C=O) groups is 1. The highest BCUT2D eigenvalue weighted by Crippen LogP contribution is 2.25. The summed E-state index contributed by atoms with van der Waals surface area (Å²) in [7, 11) is 0. The number of thioether (sulfide) groups is 2. The molecule has 2 aromatic carbocycles. The largest absolute Gasteiger partial charge is 0.325 e. The van der Waals surface area contributed by atoms with Crippen LogP contribution in [0.2, 0.25) is 0 Å². The van der Waals surface area contributed by atoms with Crippen molar-refractivity contribution < 1.29 is 4.79 Å². The first-order valence-corrected chi connectivity index (χ1v) is 11.5. The van der Waals surface area contributed by atoms with Gasteiger partial charge in [-0.2, -0.15) is 0 Å². The SMILES string of the molecule is CCn1c(CSc2ccc(C)cc2)nnc1SCC(=O)Nc1cc(C)cc(C)c1. The van der Waals surface area contributed by atoms with Crippen LogP contribution in [0.4, 0.5) is 5.69 Å². The number of anilines is 1. The molecule has 3 aromatic rings. The Balaban J connectivity index is 1.58. The zero-order chi connectivity index (χ0) is 20.8. The fourth-order valence-electron chi connectivity index (χ4n) is 3.01. The van der Waals surface area contributed by atoms with Crippen LogP contribution in [0.25, 0.3) is 0 Å². The van der Waals surface area contributed by atoms with Crippen LogP contribution >= 0.6 is 23.5 Å². The van der Waals surface area contributed by atoms with Crippen LogP contribution < -0.4 is 5.32 Å². The Morgan fingerprint density at radius 3 is 2.31 bits per heavy atom. The molecule has 1 amide bonds. The Hall–Kier alpha value is -2.25. The fraction of sp³-hybridized carbons (Fsp3) is 0.318. The Morgan fingerprint density at radius 1 is 0.966 bits per heavy atom. The predicted molar refractivity (Wildman–Crippen MR) is 122 cm³/mol. The molecule has 7 heteroatoms. The van der Waals surface area contributed by atoms with Crippen LogP contribution in [-0.4, -0.2) is 26.4 Å². The quantitative estimate of drug-likeness (QED) is 0.499. The molecule has 0 unspecified atom stereocenters. The highest BCUT2D eigenvalue weighted by molar-refractivity contribution is 7.99. The number of aryl methyl sites for hydroxylation is 3. The lowest BCUT2D eigenvalue weighted by Gasteiger charge is -2.09. The average Bonchev–Trinajstić information content (AvgIpc) is 3.07. The van der Waals surface area contributed by atoms with Gasteiger partial charge in [-0.1, -0.05) is 35.5 Å². The summed E-state index contributed by atoms with van der Waals surface area (Å²) < 4.78 is 2.08. The van der Waals surface area contributed by atoms with E-state index in [1.54, 1.807) is 11.8 Å². The summed E-state index contributed by atoms with van der Waals surface area (Å²) in [5.74, 6) is 1.94. The van der Waals surface area contributed by atoms with Crippen LogP contribution in [0.5, 0.6) is 0 Å². The minimum absolute atomic E-state index is 0.0405. The number of hydrogen-bond donors (Lipinski definition) is 1. The van der Waals surface area contributed by atoms with Crippen LogP contribution in [-0.2, 0) is 17.1 Å². The maximum Gasteiger partial charge on any atom is 0.234 e. The van der Waals surface area contributed by atoms with Crippen LogP contribution in [0.3, 0.4) is 0 Å². The maximum absolute atomic E-state index is 12.4. The number of rotatable bonds is 8. The molecule has 1 N–H and O–H groups in total. The Morgan fingerprint density at radius 2 is 1.66 bits per heavy atom. The number of nitrogens with one attached hydrogen (secondary N) is 1. The molecule has 0 aliphatic rings. The lowest BCUT2D eigenvalue weighted by Crippen LogP contribution is -2.15. The molecule has 0 fully saturated rings. The van der Waals surface area contributed by atoms with E-state index in [-0.39, 0.29) is 5.91 Å². The summed E-state index contributed by atoms with van der Waals surface area (Å²) in [6.07, 6.45) is 0.